The number of rotatable bonds is 3. The van der Waals surface area contributed by atoms with E-state index < -0.39 is 36.8 Å². The molecule has 0 bridgehead atoms. The lowest BCUT2D eigenvalue weighted by Gasteiger charge is -2.45. The van der Waals surface area contributed by atoms with Gasteiger partial charge in [-0.3, -0.25) is 0 Å². The van der Waals surface area contributed by atoms with Gasteiger partial charge in [-0.1, -0.05) is 0 Å². The third-order valence-electron chi connectivity index (χ3n) is 3.56. The van der Waals surface area contributed by atoms with Crippen LogP contribution in [-0.4, -0.2) is 62.3 Å². The Morgan fingerprint density at radius 2 is 1.73 bits per heavy atom. The van der Waals surface area contributed by atoms with Gasteiger partial charge in [-0.2, -0.15) is 0 Å². The van der Waals surface area contributed by atoms with E-state index in [9.17, 15) is 25.5 Å². The molecule has 2 rings (SSSR count). The average molecular weight is 648 g/mol. The molecule has 9 heteroatoms. The summed E-state index contributed by atoms with van der Waals surface area (Å²) in [4.78, 5) is 0. The van der Waals surface area contributed by atoms with Crippen molar-refractivity contribution >= 4 is 67.8 Å². The molecule has 5 atom stereocenters. The standard InChI is InChI=1S/C13H15I3O6/c14-6-1-5(9(16)7(15)2-6)3-13(21)12(20)11(19)10(18)8(4-17)22-13/h1-2,8,10-12,17-21H,3-4H2/t8-,10+,11+,12-,13+/m1/s1. The highest BCUT2D eigenvalue weighted by molar-refractivity contribution is 14.1. The van der Waals surface area contributed by atoms with Gasteiger partial charge in [-0.15, -0.1) is 0 Å². The van der Waals surface area contributed by atoms with Crippen molar-refractivity contribution in [3.8, 4) is 0 Å². The minimum Gasteiger partial charge on any atom is -0.394 e. The Hall–Kier alpha value is 1.17. The van der Waals surface area contributed by atoms with E-state index in [1.807, 2.05) is 12.1 Å². The van der Waals surface area contributed by atoms with E-state index in [1.54, 1.807) is 0 Å². The Labute approximate surface area is 168 Å². The topological polar surface area (TPSA) is 110 Å². The van der Waals surface area contributed by atoms with Crippen LogP contribution in [0.3, 0.4) is 0 Å². The van der Waals surface area contributed by atoms with Crippen LogP contribution in [0.2, 0.25) is 0 Å². The highest BCUT2D eigenvalue weighted by Crippen LogP contribution is 2.33. The third kappa shape index (κ3) is 3.87. The Morgan fingerprint density at radius 1 is 1.09 bits per heavy atom. The fraction of sp³-hybridized carbons (Fsp3) is 0.538. The van der Waals surface area contributed by atoms with Gasteiger partial charge in [-0.25, -0.2) is 0 Å². The van der Waals surface area contributed by atoms with E-state index in [4.69, 9.17) is 4.74 Å². The normalized spacial score (nSPS) is 35.6. The van der Waals surface area contributed by atoms with Crippen molar-refractivity contribution in [1.29, 1.82) is 0 Å². The van der Waals surface area contributed by atoms with E-state index in [-0.39, 0.29) is 6.42 Å². The summed E-state index contributed by atoms with van der Waals surface area (Å²) in [5.74, 6) is -2.08. The molecule has 0 aromatic heterocycles. The highest BCUT2D eigenvalue weighted by Gasteiger charge is 2.52. The Morgan fingerprint density at radius 3 is 2.32 bits per heavy atom. The molecule has 0 saturated carbocycles. The quantitative estimate of drug-likeness (QED) is 0.237. The Kier molecular flexibility index (Phi) is 6.73. The van der Waals surface area contributed by atoms with Crippen LogP contribution in [0.25, 0.3) is 0 Å². The zero-order chi connectivity index (χ0) is 16.7. The van der Waals surface area contributed by atoms with Gasteiger partial charge >= 0.3 is 0 Å². The average Bonchev–Trinajstić information content (AvgIpc) is 2.46. The molecule has 124 valence electrons. The largest absolute Gasteiger partial charge is 0.394 e. The van der Waals surface area contributed by atoms with E-state index >= 15 is 0 Å². The van der Waals surface area contributed by atoms with Crippen molar-refractivity contribution in [2.75, 3.05) is 6.61 Å². The number of aliphatic hydroxyl groups is 5. The fourth-order valence-electron chi connectivity index (χ4n) is 2.38. The number of ether oxygens (including phenoxy) is 1. The molecular weight excluding hydrogens is 633 g/mol. The second-order valence-corrected chi connectivity index (χ2v) is 8.63. The molecule has 1 heterocycles. The third-order valence-corrected chi connectivity index (χ3v) is 7.34. The van der Waals surface area contributed by atoms with Gasteiger partial charge < -0.3 is 30.3 Å². The van der Waals surface area contributed by atoms with Crippen molar-refractivity contribution in [2.45, 2.75) is 36.6 Å². The highest BCUT2D eigenvalue weighted by atomic mass is 127. The molecule has 1 aromatic rings. The summed E-state index contributed by atoms with van der Waals surface area (Å²) in [6.45, 7) is -0.575. The van der Waals surface area contributed by atoms with Crippen LogP contribution < -0.4 is 0 Å². The summed E-state index contributed by atoms with van der Waals surface area (Å²) in [5, 5.41) is 49.6. The monoisotopic (exact) mass is 648 g/mol. The van der Waals surface area contributed by atoms with Crippen LogP contribution >= 0.6 is 67.8 Å². The second kappa shape index (κ2) is 7.59. The molecule has 1 aliphatic heterocycles. The SMILES string of the molecule is OC[C@H]1O[C@@](O)(Cc2cc(I)cc(I)c2I)[C@H](O)[C@@H](O)[C@H]1O. The first kappa shape index (κ1) is 19.5. The molecule has 6 nitrogen and oxygen atoms in total. The van der Waals surface area contributed by atoms with Crippen LogP contribution in [0, 0.1) is 10.7 Å². The lowest BCUT2D eigenvalue weighted by molar-refractivity contribution is -0.348. The zero-order valence-electron chi connectivity index (χ0n) is 11.2. The van der Waals surface area contributed by atoms with Crippen LogP contribution in [0.15, 0.2) is 12.1 Å². The molecule has 22 heavy (non-hydrogen) atoms. The summed E-state index contributed by atoms with van der Waals surface area (Å²) < 4.78 is 8.16. The molecule has 1 aliphatic rings. The zero-order valence-corrected chi connectivity index (χ0v) is 17.6. The summed E-state index contributed by atoms with van der Waals surface area (Å²) in [7, 11) is 0. The van der Waals surface area contributed by atoms with Crippen LogP contribution in [0.1, 0.15) is 5.56 Å². The maximum atomic E-state index is 10.6. The van der Waals surface area contributed by atoms with Gasteiger partial charge in [0.05, 0.1) is 6.61 Å². The fourth-order valence-corrected chi connectivity index (χ4v) is 4.84. The van der Waals surface area contributed by atoms with Crippen LogP contribution in [0.5, 0.6) is 0 Å². The molecular formula is C13H15I3O6. The second-order valence-electron chi connectivity index (χ2n) is 5.15. The van der Waals surface area contributed by atoms with Gasteiger partial charge in [0, 0.05) is 17.1 Å². The minimum atomic E-state index is -2.08. The van der Waals surface area contributed by atoms with Crippen molar-refractivity contribution in [2.24, 2.45) is 0 Å². The predicted octanol–water partition coefficient (Wildman–Crippen LogP) is 0.205. The number of benzene rings is 1. The summed E-state index contributed by atoms with van der Waals surface area (Å²) in [5.41, 5.74) is 0.749. The van der Waals surface area contributed by atoms with Crippen molar-refractivity contribution < 1.29 is 30.3 Å². The molecule has 5 N–H and O–H groups in total. The molecule has 0 radical (unpaired) electrons. The van der Waals surface area contributed by atoms with Gasteiger partial charge in [0.2, 0.25) is 0 Å². The summed E-state index contributed by atoms with van der Waals surface area (Å²) in [6.07, 6.45) is -5.98. The van der Waals surface area contributed by atoms with Gasteiger partial charge in [-0.05, 0) is 85.5 Å². The maximum absolute atomic E-state index is 10.6. The number of aliphatic hydroxyl groups excluding tert-OH is 4. The van der Waals surface area contributed by atoms with Crippen LogP contribution in [0.4, 0.5) is 0 Å². The van der Waals surface area contributed by atoms with E-state index in [0.717, 1.165) is 16.3 Å². The van der Waals surface area contributed by atoms with Gasteiger partial charge in [0.25, 0.3) is 0 Å². The lowest BCUT2D eigenvalue weighted by Crippen LogP contribution is -2.66. The summed E-state index contributed by atoms with van der Waals surface area (Å²) in [6, 6.07) is 3.83. The molecule has 0 amide bonds. The van der Waals surface area contributed by atoms with E-state index in [0.29, 0.717) is 0 Å². The molecule has 0 spiro atoms. The lowest BCUT2D eigenvalue weighted by atomic mass is 9.89. The van der Waals surface area contributed by atoms with E-state index in [1.165, 1.54) is 0 Å². The molecule has 1 aromatic carbocycles. The summed E-state index contributed by atoms with van der Waals surface area (Å²) >= 11 is 6.46. The first-order valence-electron chi connectivity index (χ1n) is 6.38. The number of hydrogen-bond donors (Lipinski definition) is 5. The number of halogens is 3. The first-order valence-corrected chi connectivity index (χ1v) is 9.62. The predicted molar refractivity (Wildman–Crippen MR) is 103 cm³/mol. The van der Waals surface area contributed by atoms with Crippen LogP contribution in [-0.2, 0) is 11.2 Å². The van der Waals surface area contributed by atoms with Gasteiger partial charge in [0.15, 0.2) is 5.79 Å². The molecule has 0 aliphatic carbocycles. The van der Waals surface area contributed by atoms with Crippen molar-refractivity contribution in [3.05, 3.63) is 28.4 Å². The molecule has 0 unspecified atom stereocenters. The minimum absolute atomic E-state index is 0.0699. The van der Waals surface area contributed by atoms with Crippen molar-refractivity contribution in [3.63, 3.8) is 0 Å². The van der Waals surface area contributed by atoms with Crippen molar-refractivity contribution in [1.82, 2.24) is 0 Å². The Bertz CT molecular complexity index is 555. The van der Waals surface area contributed by atoms with Gasteiger partial charge in [0.1, 0.15) is 24.4 Å². The molecule has 1 saturated heterocycles. The smallest absolute Gasteiger partial charge is 0.199 e. The first-order chi connectivity index (χ1) is 10.2. The maximum Gasteiger partial charge on any atom is 0.199 e. The van der Waals surface area contributed by atoms with E-state index in [2.05, 4.69) is 67.8 Å². The Balaban J connectivity index is 2.34. The molecule has 1 fully saturated rings. The number of hydrogen-bond acceptors (Lipinski definition) is 6.